The molecule has 0 bridgehead atoms. The number of nitrogens with zero attached hydrogens (tertiary/aromatic N) is 2. The highest BCUT2D eigenvalue weighted by Crippen LogP contribution is 2.26. The van der Waals surface area contributed by atoms with Gasteiger partial charge in [0.05, 0.1) is 10.6 Å². The predicted molar refractivity (Wildman–Crippen MR) is 150 cm³/mol. The molecule has 7 nitrogen and oxygen atoms in total. The minimum Gasteiger partial charge on any atom is -0.354 e. The molecule has 3 aromatic rings. The highest BCUT2D eigenvalue weighted by Gasteiger charge is 2.32. The molecule has 0 fully saturated rings. The van der Waals surface area contributed by atoms with Crippen molar-refractivity contribution in [1.82, 2.24) is 10.2 Å². The quantitative estimate of drug-likeness (QED) is 0.347. The average molecular weight is 587 g/mol. The summed E-state index contributed by atoms with van der Waals surface area (Å²) in [5.41, 5.74) is 2.26. The van der Waals surface area contributed by atoms with Crippen molar-refractivity contribution in [3.63, 3.8) is 0 Å². The molecule has 0 heterocycles. The standard InChI is InChI=1S/C28H32BrN3O4S/c1-4-18-30-28(34)22(3)31(19-23-12-10-21(2)11-13-23)27(33)20-32(25-16-14-24(29)15-17-25)37(35,36)26-8-6-5-7-9-26/h5-17,22H,4,18-20H2,1-3H3,(H,30,34). The Balaban J connectivity index is 1.99. The van der Waals surface area contributed by atoms with Crippen LogP contribution in [0, 0.1) is 6.92 Å². The van der Waals surface area contributed by atoms with E-state index in [0.717, 1.165) is 26.3 Å². The van der Waals surface area contributed by atoms with Crippen molar-refractivity contribution in [2.45, 2.75) is 44.7 Å². The molecule has 0 radical (unpaired) electrons. The van der Waals surface area contributed by atoms with Gasteiger partial charge in [0, 0.05) is 17.6 Å². The summed E-state index contributed by atoms with van der Waals surface area (Å²) in [7, 11) is -4.06. The lowest BCUT2D eigenvalue weighted by Crippen LogP contribution is -2.51. The van der Waals surface area contributed by atoms with Crippen LogP contribution in [0.1, 0.15) is 31.4 Å². The second-order valence-corrected chi connectivity index (χ2v) is 11.6. The van der Waals surface area contributed by atoms with Crippen LogP contribution < -0.4 is 9.62 Å². The number of nitrogens with one attached hydrogen (secondary N) is 1. The van der Waals surface area contributed by atoms with Crippen molar-refractivity contribution in [3.05, 3.63) is 94.5 Å². The van der Waals surface area contributed by atoms with E-state index < -0.39 is 28.5 Å². The van der Waals surface area contributed by atoms with E-state index in [4.69, 9.17) is 0 Å². The Morgan fingerprint density at radius 3 is 2.16 bits per heavy atom. The molecule has 196 valence electrons. The van der Waals surface area contributed by atoms with Gasteiger partial charge in [0.2, 0.25) is 11.8 Å². The molecule has 3 aromatic carbocycles. The van der Waals surface area contributed by atoms with Crippen LogP contribution in [-0.4, -0.2) is 44.3 Å². The second-order valence-electron chi connectivity index (χ2n) is 8.78. The summed E-state index contributed by atoms with van der Waals surface area (Å²) in [6.45, 7) is 5.77. The molecule has 0 aliphatic carbocycles. The van der Waals surface area contributed by atoms with E-state index >= 15 is 0 Å². The zero-order valence-corrected chi connectivity index (χ0v) is 23.6. The van der Waals surface area contributed by atoms with Crippen molar-refractivity contribution < 1.29 is 18.0 Å². The van der Waals surface area contributed by atoms with E-state index in [2.05, 4.69) is 21.2 Å². The number of benzene rings is 3. The Morgan fingerprint density at radius 2 is 1.57 bits per heavy atom. The highest BCUT2D eigenvalue weighted by atomic mass is 79.9. The first-order chi connectivity index (χ1) is 17.6. The number of sulfonamides is 1. The summed E-state index contributed by atoms with van der Waals surface area (Å²) >= 11 is 3.37. The average Bonchev–Trinajstić information content (AvgIpc) is 2.90. The molecule has 0 aliphatic rings. The minimum atomic E-state index is -4.06. The lowest BCUT2D eigenvalue weighted by molar-refractivity contribution is -0.139. The summed E-state index contributed by atoms with van der Waals surface area (Å²) in [6.07, 6.45) is 0.761. The summed E-state index contributed by atoms with van der Waals surface area (Å²) in [6, 6.07) is 21.6. The van der Waals surface area contributed by atoms with Crippen LogP contribution in [0.25, 0.3) is 0 Å². The van der Waals surface area contributed by atoms with Gasteiger partial charge in [-0.2, -0.15) is 0 Å². The number of hydrogen-bond donors (Lipinski definition) is 1. The molecular formula is C28H32BrN3O4S. The molecule has 0 saturated carbocycles. The van der Waals surface area contributed by atoms with Crippen molar-refractivity contribution in [2.24, 2.45) is 0 Å². The van der Waals surface area contributed by atoms with Gasteiger partial charge in [-0.25, -0.2) is 8.42 Å². The molecule has 2 amide bonds. The van der Waals surface area contributed by atoms with E-state index in [0.29, 0.717) is 12.2 Å². The maximum atomic E-state index is 13.8. The monoisotopic (exact) mass is 585 g/mol. The number of hydrogen-bond acceptors (Lipinski definition) is 4. The van der Waals surface area contributed by atoms with Gasteiger partial charge in [-0.15, -0.1) is 0 Å². The molecule has 0 aromatic heterocycles. The molecule has 1 unspecified atom stereocenters. The lowest BCUT2D eigenvalue weighted by atomic mass is 10.1. The molecule has 1 N–H and O–H groups in total. The van der Waals surface area contributed by atoms with E-state index in [1.807, 2.05) is 38.1 Å². The zero-order chi connectivity index (χ0) is 27.0. The van der Waals surface area contributed by atoms with Gasteiger partial charge in [-0.1, -0.05) is 70.9 Å². The molecule has 1 atom stereocenters. The smallest absolute Gasteiger partial charge is 0.264 e. The fourth-order valence-corrected chi connectivity index (χ4v) is 5.42. The van der Waals surface area contributed by atoms with E-state index in [9.17, 15) is 18.0 Å². The normalized spacial score (nSPS) is 12.0. The first-order valence-corrected chi connectivity index (χ1v) is 14.3. The number of carbonyl (C=O) groups excluding carboxylic acids is 2. The predicted octanol–water partition coefficient (Wildman–Crippen LogP) is 4.90. The van der Waals surface area contributed by atoms with Gasteiger partial charge in [0.1, 0.15) is 12.6 Å². The third kappa shape index (κ3) is 7.42. The van der Waals surface area contributed by atoms with E-state index in [1.54, 1.807) is 49.4 Å². The number of halogens is 1. The third-order valence-electron chi connectivity index (χ3n) is 5.91. The van der Waals surface area contributed by atoms with Gasteiger partial charge >= 0.3 is 0 Å². The summed E-state index contributed by atoms with van der Waals surface area (Å²) < 4.78 is 29.2. The second kappa shape index (κ2) is 12.9. The summed E-state index contributed by atoms with van der Waals surface area (Å²) in [5.74, 6) is -0.773. The van der Waals surface area contributed by atoms with Crippen LogP contribution in [0.5, 0.6) is 0 Å². The Kier molecular flexibility index (Phi) is 9.88. The van der Waals surface area contributed by atoms with Crippen LogP contribution in [0.3, 0.4) is 0 Å². The molecule has 0 saturated heterocycles. The number of carbonyl (C=O) groups is 2. The fourth-order valence-electron chi connectivity index (χ4n) is 3.72. The van der Waals surface area contributed by atoms with Crippen molar-refractivity contribution in [2.75, 3.05) is 17.4 Å². The van der Waals surface area contributed by atoms with Crippen molar-refractivity contribution in [1.29, 1.82) is 0 Å². The van der Waals surface area contributed by atoms with Gasteiger partial charge in [-0.3, -0.25) is 13.9 Å². The van der Waals surface area contributed by atoms with Crippen LogP contribution in [0.4, 0.5) is 5.69 Å². The SMILES string of the molecule is CCCNC(=O)C(C)N(Cc1ccc(C)cc1)C(=O)CN(c1ccc(Br)cc1)S(=O)(=O)c1ccccc1. The van der Waals surface area contributed by atoms with E-state index in [1.165, 1.54) is 17.0 Å². The number of amides is 2. The molecule has 0 aliphatic heterocycles. The molecule has 9 heteroatoms. The Labute approximate surface area is 227 Å². The number of aryl methyl sites for hydroxylation is 1. The van der Waals surface area contributed by atoms with Crippen molar-refractivity contribution in [3.8, 4) is 0 Å². The molecule has 37 heavy (non-hydrogen) atoms. The Hall–Kier alpha value is -3.17. The van der Waals surface area contributed by atoms with E-state index in [-0.39, 0.29) is 17.3 Å². The van der Waals surface area contributed by atoms with Crippen LogP contribution >= 0.6 is 15.9 Å². The largest absolute Gasteiger partial charge is 0.354 e. The van der Waals surface area contributed by atoms with Crippen LogP contribution in [0.15, 0.2) is 88.2 Å². The number of rotatable bonds is 11. The van der Waals surface area contributed by atoms with Crippen molar-refractivity contribution >= 4 is 43.5 Å². The molecular weight excluding hydrogens is 554 g/mol. The van der Waals surface area contributed by atoms with Crippen LogP contribution in [-0.2, 0) is 26.2 Å². The number of anilines is 1. The van der Waals surface area contributed by atoms with Gasteiger partial charge in [-0.05, 0) is 62.2 Å². The first-order valence-electron chi connectivity index (χ1n) is 12.1. The topological polar surface area (TPSA) is 86.8 Å². The maximum absolute atomic E-state index is 13.8. The third-order valence-corrected chi connectivity index (χ3v) is 8.23. The first kappa shape index (κ1) is 28.4. The Morgan fingerprint density at radius 1 is 0.946 bits per heavy atom. The summed E-state index contributed by atoms with van der Waals surface area (Å²) in [4.78, 5) is 28.2. The minimum absolute atomic E-state index is 0.0736. The van der Waals surface area contributed by atoms with Gasteiger partial charge in [0.15, 0.2) is 0 Å². The zero-order valence-electron chi connectivity index (χ0n) is 21.2. The fraction of sp³-hybridized carbons (Fsp3) is 0.286. The maximum Gasteiger partial charge on any atom is 0.264 e. The summed E-state index contributed by atoms with van der Waals surface area (Å²) in [5, 5.41) is 2.84. The molecule has 0 spiro atoms. The van der Waals surface area contributed by atoms with Gasteiger partial charge < -0.3 is 10.2 Å². The Bertz CT molecular complexity index is 1300. The van der Waals surface area contributed by atoms with Crippen LogP contribution in [0.2, 0.25) is 0 Å². The van der Waals surface area contributed by atoms with Gasteiger partial charge in [0.25, 0.3) is 10.0 Å². The lowest BCUT2D eigenvalue weighted by Gasteiger charge is -2.32. The highest BCUT2D eigenvalue weighted by molar-refractivity contribution is 9.10. The molecule has 3 rings (SSSR count).